The van der Waals surface area contributed by atoms with Gasteiger partial charge in [0.15, 0.2) is 5.65 Å². The SMILES string of the molecule is CC.Cc1cnc2nc(C3CCOC(c4ccc(=O)[nH]c4)C3)nc(C3=C=C(C(F)(F)F)C3)c2n1.[HH]. The average molecular weight is 473 g/mol. The van der Waals surface area contributed by atoms with Crippen LogP contribution in [0.4, 0.5) is 13.2 Å². The number of pyridine rings is 1. The van der Waals surface area contributed by atoms with E-state index in [1.165, 1.54) is 6.07 Å². The van der Waals surface area contributed by atoms with Gasteiger partial charge < -0.3 is 9.72 Å². The third-order valence-corrected chi connectivity index (χ3v) is 5.66. The molecule has 2 aliphatic rings. The molecule has 10 heteroatoms. The van der Waals surface area contributed by atoms with E-state index in [0.717, 1.165) is 5.56 Å². The fraction of sp³-hybridized carbons (Fsp3) is 0.417. The molecule has 0 bridgehead atoms. The normalized spacial score (nSPS) is 20.1. The average Bonchev–Trinajstić information content (AvgIpc) is 2.79. The molecule has 5 rings (SSSR count). The molecule has 4 heterocycles. The van der Waals surface area contributed by atoms with Crippen molar-refractivity contribution in [2.75, 3.05) is 6.61 Å². The second kappa shape index (κ2) is 9.48. The largest absolute Gasteiger partial charge is 0.420 e. The van der Waals surface area contributed by atoms with Crippen molar-refractivity contribution < 1.29 is 19.3 Å². The van der Waals surface area contributed by atoms with E-state index in [2.05, 4.69) is 30.7 Å². The van der Waals surface area contributed by atoms with Gasteiger partial charge in [0, 0.05) is 38.2 Å². The quantitative estimate of drug-likeness (QED) is 0.526. The number of hydrogen-bond acceptors (Lipinski definition) is 6. The van der Waals surface area contributed by atoms with Gasteiger partial charge in [-0.05, 0) is 31.4 Å². The van der Waals surface area contributed by atoms with Gasteiger partial charge in [-0.15, -0.1) is 5.73 Å². The third-order valence-electron chi connectivity index (χ3n) is 5.66. The molecule has 2 unspecified atom stereocenters. The molecule has 1 N–H and O–H groups in total. The number of alkyl halides is 3. The molecule has 7 nitrogen and oxygen atoms in total. The van der Waals surface area contributed by atoms with Crippen LogP contribution in [-0.4, -0.2) is 37.7 Å². The zero-order valence-electron chi connectivity index (χ0n) is 19.0. The number of H-pyrrole nitrogens is 1. The van der Waals surface area contributed by atoms with Crippen LogP contribution in [0.25, 0.3) is 16.7 Å². The van der Waals surface area contributed by atoms with Gasteiger partial charge in [-0.1, -0.05) is 13.8 Å². The smallest absolute Gasteiger partial charge is 0.373 e. The predicted octanol–water partition coefficient (Wildman–Crippen LogP) is 5.20. The van der Waals surface area contributed by atoms with Crippen LogP contribution in [0.15, 0.2) is 40.6 Å². The third kappa shape index (κ3) is 4.78. The lowest BCUT2D eigenvalue weighted by atomic mass is 9.90. The van der Waals surface area contributed by atoms with Crippen LogP contribution in [0.2, 0.25) is 0 Å². The number of hydrogen-bond donors (Lipinski definition) is 1. The Bertz CT molecular complexity index is 1330. The molecule has 0 spiro atoms. The van der Waals surface area contributed by atoms with E-state index in [1.807, 2.05) is 13.8 Å². The standard InChI is InChI=1S/C22H18F3N5O2.C2H6.H2/c1-11-9-27-21-19(28-11)18(14-6-15(7-14)22(23,24)25)29-20(30-21)12-4-5-32-16(8-12)13-2-3-17(31)26-10-13;1-2;/h2-3,9-10,12,16H,4-6,8H2,1H3,(H,26,31);1-2H3;1H. The van der Waals surface area contributed by atoms with Crippen LogP contribution in [0, 0.1) is 6.92 Å². The number of nitrogens with one attached hydrogen (secondary N) is 1. The minimum absolute atomic E-state index is 0. The van der Waals surface area contributed by atoms with Crippen LogP contribution in [0.1, 0.15) is 69.3 Å². The fourth-order valence-electron chi connectivity index (χ4n) is 3.95. The molecule has 180 valence electrons. The lowest BCUT2D eigenvalue weighted by Gasteiger charge is -2.29. The maximum absolute atomic E-state index is 13.0. The van der Waals surface area contributed by atoms with Crippen molar-refractivity contribution in [2.45, 2.75) is 58.2 Å². The van der Waals surface area contributed by atoms with Gasteiger partial charge >= 0.3 is 6.18 Å². The number of ether oxygens (including phenoxy) is 1. The number of fused-ring (bicyclic) bond motifs is 1. The van der Waals surface area contributed by atoms with Crippen LogP contribution in [0.3, 0.4) is 0 Å². The molecule has 34 heavy (non-hydrogen) atoms. The molecule has 1 saturated heterocycles. The van der Waals surface area contributed by atoms with E-state index < -0.39 is 11.7 Å². The number of allylic oxidation sites excluding steroid dienone is 1. The molecular formula is C24H26F3N5O2. The molecule has 0 saturated carbocycles. The van der Waals surface area contributed by atoms with Crippen molar-refractivity contribution in [1.82, 2.24) is 24.9 Å². The summed E-state index contributed by atoms with van der Waals surface area (Å²) in [5.41, 5.74) is 4.40. The van der Waals surface area contributed by atoms with Gasteiger partial charge in [0.2, 0.25) is 5.56 Å². The van der Waals surface area contributed by atoms with E-state index in [1.54, 1.807) is 25.4 Å². The number of nitrogens with zero attached hydrogens (tertiary/aromatic N) is 4. The van der Waals surface area contributed by atoms with Crippen LogP contribution < -0.4 is 5.56 Å². The molecule has 1 fully saturated rings. The maximum atomic E-state index is 13.0. The number of aromatic nitrogens is 5. The summed E-state index contributed by atoms with van der Waals surface area (Å²) in [6.45, 7) is 6.22. The first-order valence-electron chi connectivity index (χ1n) is 11.2. The fourth-order valence-corrected chi connectivity index (χ4v) is 3.95. The summed E-state index contributed by atoms with van der Waals surface area (Å²) in [7, 11) is 0. The molecule has 1 aliphatic heterocycles. The van der Waals surface area contributed by atoms with Gasteiger partial charge in [0.1, 0.15) is 17.0 Å². The van der Waals surface area contributed by atoms with Gasteiger partial charge in [-0.25, -0.2) is 19.9 Å². The summed E-state index contributed by atoms with van der Waals surface area (Å²) in [6, 6.07) is 3.16. The predicted molar refractivity (Wildman–Crippen MR) is 122 cm³/mol. The van der Waals surface area contributed by atoms with Crippen molar-refractivity contribution in [3.63, 3.8) is 0 Å². The summed E-state index contributed by atoms with van der Waals surface area (Å²) in [6.07, 6.45) is -0.496. The monoisotopic (exact) mass is 473 g/mol. The van der Waals surface area contributed by atoms with Gasteiger partial charge in [0.25, 0.3) is 0 Å². The Hall–Kier alpha value is -3.36. The molecule has 0 aromatic carbocycles. The van der Waals surface area contributed by atoms with E-state index >= 15 is 0 Å². The maximum Gasteiger partial charge on any atom is 0.420 e. The lowest BCUT2D eigenvalue weighted by molar-refractivity contribution is -0.0934. The molecule has 2 atom stereocenters. The van der Waals surface area contributed by atoms with E-state index in [0.29, 0.717) is 53.4 Å². The highest BCUT2D eigenvalue weighted by Gasteiger charge is 2.39. The highest BCUT2D eigenvalue weighted by molar-refractivity contribution is 5.87. The van der Waals surface area contributed by atoms with Gasteiger partial charge in [-0.3, -0.25) is 4.79 Å². The molecular weight excluding hydrogens is 447 g/mol. The van der Waals surface area contributed by atoms with E-state index in [4.69, 9.17) is 4.74 Å². The van der Waals surface area contributed by atoms with Crippen molar-refractivity contribution in [1.29, 1.82) is 0 Å². The topological polar surface area (TPSA) is 93.7 Å². The Labute approximate surface area is 195 Å². The molecule has 3 aromatic heterocycles. The zero-order valence-corrected chi connectivity index (χ0v) is 19.0. The summed E-state index contributed by atoms with van der Waals surface area (Å²) in [5, 5.41) is 0. The second-order valence-electron chi connectivity index (χ2n) is 7.94. The Balaban J connectivity index is 0.00000111. The highest BCUT2D eigenvalue weighted by atomic mass is 19.4. The lowest BCUT2D eigenvalue weighted by Crippen LogP contribution is -2.22. The minimum Gasteiger partial charge on any atom is -0.373 e. The number of halogens is 3. The summed E-state index contributed by atoms with van der Waals surface area (Å²) < 4.78 is 44.7. The minimum atomic E-state index is -4.40. The Morgan fingerprint density at radius 2 is 1.97 bits per heavy atom. The summed E-state index contributed by atoms with van der Waals surface area (Å²) >= 11 is 0. The van der Waals surface area contributed by atoms with Gasteiger partial charge in [-0.2, -0.15) is 13.2 Å². The van der Waals surface area contributed by atoms with Crippen molar-refractivity contribution in [3.8, 4) is 0 Å². The van der Waals surface area contributed by atoms with Gasteiger partial charge in [0.05, 0.1) is 23.6 Å². The molecule has 0 amide bonds. The van der Waals surface area contributed by atoms with Crippen LogP contribution in [-0.2, 0) is 4.74 Å². The summed E-state index contributed by atoms with van der Waals surface area (Å²) in [5.74, 6) is 0.414. The number of aromatic amines is 1. The molecule has 0 radical (unpaired) electrons. The number of aryl methyl sites for hydroxylation is 1. The van der Waals surface area contributed by atoms with E-state index in [9.17, 15) is 18.0 Å². The summed E-state index contributed by atoms with van der Waals surface area (Å²) in [4.78, 5) is 32.0. The van der Waals surface area contributed by atoms with Crippen molar-refractivity contribution in [3.05, 3.63) is 69.0 Å². The highest BCUT2D eigenvalue weighted by Crippen LogP contribution is 2.41. The second-order valence-corrected chi connectivity index (χ2v) is 7.94. The Morgan fingerprint density at radius 3 is 2.65 bits per heavy atom. The molecule has 3 aromatic rings. The van der Waals surface area contributed by atoms with Crippen molar-refractivity contribution in [2.24, 2.45) is 0 Å². The van der Waals surface area contributed by atoms with Crippen molar-refractivity contribution >= 4 is 16.7 Å². The van der Waals surface area contributed by atoms with Crippen LogP contribution in [0.5, 0.6) is 0 Å². The Morgan fingerprint density at radius 1 is 1.21 bits per heavy atom. The van der Waals surface area contributed by atoms with Crippen LogP contribution >= 0.6 is 0 Å². The first kappa shape index (κ1) is 23.8. The van der Waals surface area contributed by atoms with E-state index in [-0.39, 0.29) is 25.4 Å². The first-order valence-corrected chi connectivity index (χ1v) is 11.2. The first-order chi connectivity index (χ1) is 16.3. The number of rotatable bonds is 3. The Kier molecular flexibility index (Phi) is 6.63. The zero-order chi connectivity index (χ0) is 24.5. The molecule has 1 aliphatic carbocycles.